The van der Waals surface area contributed by atoms with E-state index in [0.717, 1.165) is 24.0 Å². The molecule has 174 valence electrons. The second kappa shape index (κ2) is 9.94. The standard InChI is InChI=1S/C25H35N3O4/c1-5-21(29)19-10-8-12-27(17-19)22(30)15-25(20-11-7-6-9-18(20)2)16-23(31)28(24(25)32)14-13-26(3)4/h6-7,9,11,19H,5,8,10,12-17H2,1-4H3/t19-,25+/m0/s1. The molecule has 32 heavy (non-hydrogen) atoms. The summed E-state index contributed by atoms with van der Waals surface area (Å²) in [6.45, 7) is 5.63. The van der Waals surface area contributed by atoms with Crippen LogP contribution in [0.25, 0.3) is 0 Å². The predicted molar refractivity (Wildman–Crippen MR) is 122 cm³/mol. The number of rotatable bonds is 8. The van der Waals surface area contributed by atoms with Crippen LogP contribution in [0.2, 0.25) is 0 Å². The van der Waals surface area contributed by atoms with Crippen molar-refractivity contribution in [1.29, 1.82) is 0 Å². The molecule has 2 aliphatic rings. The van der Waals surface area contributed by atoms with Gasteiger partial charge in [0, 0.05) is 51.4 Å². The van der Waals surface area contributed by atoms with E-state index in [4.69, 9.17) is 0 Å². The maximum absolute atomic E-state index is 13.7. The Morgan fingerprint density at radius 1 is 1.19 bits per heavy atom. The van der Waals surface area contributed by atoms with Gasteiger partial charge >= 0.3 is 0 Å². The zero-order valence-corrected chi connectivity index (χ0v) is 19.7. The molecular weight excluding hydrogens is 406 g/mol. The molecule has 2 fully saturated rings. The SMILES string of the molecule is CCC(=O)[C@H]1CCCN(C(=O)C[C@]2(c3ccccc3C)CC(=O)N(CCN(C)C)C2=O)C1. The van der Waals surface area contributed by atoms with E-state index in [1.165, 1.54) is 4.90 Å². The lowest BCUT2D eigenvalue weighted by molar-refractivity contribution is -0.144. The summed E-state index contributed by atoms with van der Waals surface area (Å²) in [5.41, 5.74) is 0.457. The third-order valence-corrected chi connectivity index (χ3v) is 6.87. The minimum absolute atomic E-state index is 0.00101. The van der Waals surface area contributed by atoms with Gasteiger partial charge in [0.2, 0.25) is 17.7 Å². The van der Waals surface area contributed by atoms with Gasteiger partial charge in [0.15, 0.2) is 0 Å². The molecule has 0 aromatic heterocycles. The van der Waals surface area contributed by atoms with Crippen LogP contribution in [0.1, 0.15) is 50.2 Å². The Hall–Kier alpha value is -2.54. The van der Waals surface area contributed by atoms with Crippen LogP contribution in [-0.2, 0) is 24.6 Å². The van der Waals surface area contributed by atoms with Crippen LogP contribution in [0, 0.1) is 12.8 Å². The Morgan fingerprint density at radius 3 is 2.56 bits per heavy atom. The van der Waals surface area contributed by atoms with Crippen molar-refractivity contribution in [2.24, 2.45) is 5.92 Å². The summed E-state index contributed by atoms with van der Waals surface area (Å²) >= 11 is 0. The first kappa shape index (κ1) is 24.1. The number of amides is 3. The molecule has 0 bridgehead atoms. The van der Waals surface area contributed by atoms with Crippen molar-refractivity contribution in [3.8, 4) is 0 Å². The average molecular weight is 442 g/mol. The molecule has 3 amide bonds. The van der Waals surface area contributed by atoms with Crippen molar-refractivity contribution in [2.75, 3.05) is 40.3 Å². The Kier molecular flexibility index (Phi) is 7.49. The van der Waals surface area contributed by atoms with Crippen LogP contribution >= 0.6 is 0 Å². The monoisotopic (exact) mass is 441 g/mol. The van der Waals surface area contributed by atoms with Crippen molar-refractivity contribution in [2.45, 2.75) is 51.4 Å². The molecule has 0 radical (unpaired) electrons. The van der Waals surface area contributed by atoms with Gasteiger partial charge in [-0.3, -0.25) is 24.1 Å². The number of likely N-dealkylation sites (N-methyl/N-ethyl adjacent to an activating group) is 1. The minimum Gasteiger partial charge on any atom is -0.342 e. The highest BCUT2D eigenvalue weighted by Gasteiger charge is 2.54. The van der Waals surface area contributed by atoms with Gasteiger partial charge in [-0.1, -0.05) is 31.2 Å². The Morgan fingerprint density at radius 2 is 1.91 bits per heavy atom. The number of benzene rings is 1. The first-order valence-corrected chi connectivity index (χ1v) is 11.6. The number of imide groups is 1. The molecule has 0 spiro atoms. The Bertz CT molecular complexity index is 897. The van der Waals surface area contributed by atoms with E-state index in [9.17, 15) is 19.2 Å². The van der Waals surface area contributed by atoms with Crippen molar-refractivity contribution < 1.29 is 19.2 Å². The normalized spacial score (nSPS) is 23.8. The average Bonchev–Trinajstić information content (AvgIpc) is 3.01. The quantitative estimate of drug-likeness (QED) is 0.578. The van der Waals surface area contributed by atoms with E-state index in [0.29, 0.717) is 32.6 Å². The fraction of sp³-hybridized carbons (Fsp3) is 0.600. The number of hydrogen-bond donors (Lipinski definition) is 0. The molecule has 2 saturated heterocycles. The number of ketones is 1. The van der Waals surface area contributed by atoms with Gasteiger partial charge in [0.1, 0.15) is 5.78 Å². The van der Waals surface area contributed by atoms with Gasteiger partial charge in [-0.2, -0.15) is 0 Å². The molecule has 1 aromatic rings. The van der Waals surface area contributed by atoms with Crippen LogP contribution in [0.15, 0.2) is 24.3 Å². The number of piperidine rings is 1. The minimum atomic E-state index is -1.19. The summed E-state index contributed by atoms with van der Waals surface area (Å²) in [7, 11) is 3.79. The van der Waals surface area contributed by atoms with E-state index >= 15 is 0 Å². The molecule has 0 N–H and O–H groups in total. The molecule has 7 nitrogen and oxygen atoms in total. The molecule has 2 aliphatic heterocycles. The van der Waals surface area contributed by atoms with Crippen LogP contribution < -0.4 is 0 Å². The highest BCUT2D eigenvalue weighted by molar-refractivity contribution is 6.11. The van der Waals surface area contributed by atoms with Gasteiger partial charge in [0.25, 0.3) is 0 Å². The van der Waals surface area contributed by atoms with Crippen molar-refractivity contribution in [3.63, 3.8) is 0 Å². The third kappa shape index (κ3) is 4.77. The van der Waals surface area contributed by atoms with Crippen molar-refractivity contribution in [1.82, 2.24) is 14.7 Å². The van der Waals surface area contributed by atoms with Crippen molar-refractivity contribution in [3.05, 3.63) is 35.4 Å². The lowest BCUT2D eigenvalue weighted by Gasteiger charge is -2.35. The molecule has 1 aromatic carbocycles. The summed E-state index contributed by atoms with van der Waals surface area (Å²) in [5.74, 6) is -0.629. The molecule has 2 heterocycles. The Labute approximate surface area is 190 Å². The highest BCUT2D eigenvalue weighted by atomic mass is 16.2. The fourth-order valence-corrected chi connectivity index (χ4v) is 5.01. The summed E-state index contributed by atoms with van der Waals surface area (Å²) in [5, 5.41) is 0. The largest absolute Gasteiger partial charge is 0.342 e. The second-order valence-electron chi connectivity index (χ2n) is 9.40. The van der Waals surface area contributed by atoms with E-state index in [-0.39, 0.29) is 42.3 Å². The zero-order valence-electron chi connectivity index (χ0n) is 19.7. The number of nitrogens with zero attached hydrogens (tertiary/aromatic N) is 3. The summed E-state index contributed by atoms with van der Waals surface area (Å²) in [6.07, 6.45) is 2.00. The van der Waals surface area contributed by atoms with Gasteiger partial charge in [0.05, 0.1) is 5.41 Å². The van der Waals surface area contributed by atoms with Crippen LogP contribution in [0.3, 0.4) is 0 Å². The van der Waals surface area contributed by atoms with E-state index in [1.807, 2.05) is 57.1 Å². The summed E-state index contributed by atoms with van der Waals surface area (Å²) in [6, 6.07) is 7.53. The molecule has 7 heteroatoms. The lowest BCUT2D eigenvalue weighted by atomic mass is 9.73. The molecule has 2 atom stereocenters. The van der Waals surface area contributed by atoms with Crippen molar-refractivity contribution >= 4 is 23.5 Å². The Balaban J connectivity index is 1.90. The van der Waals surface area contributed by atoms with E-state index in [2.05, 4.69) is 0 Å². The summed E-state index contributed by atoms with van der Waals surface area (Å²) in [4.78, 5) is 57.3. The van der Waals surface area contributed by atoms with Crippen LogP contribution in [-0.4, -0.2) is 78.5 Å². The van der Waals surface area contributed by atoms with Gasteiger partial charge in [-0.25, -0.2) is 0 Å². The van der Waals surface area contributed by atoms with Gasteiger partial charge in [-0.05, 0) is 45.0 Å². The smallest absolute Gasteiger partial charge is 0.240 e. The van der Waals surface area contributed by atoms with E-state index < -0.39 is 5.41 Å². The number of carbonyl (C=O) groups is 4. The lowest BCUT2D eigenvalue weighted by Crippen LogP contribution is -2.47. The van der Waals surface area contributed by atoms with Gasteiger partial charge < -0.3 is 9.80 Å². The second-order valence-corrected chi connectivity index (χ2v) is 9.40. The number of carbonyl (C=O) groups excluding carboxylic acids is 4. The number of aryl methyl sites for hydroxylation is 1. The predicted octanol–water partition coefficient (Wildman–Crippen LogP) is 2.16. The van der Waals surface area contributed by atoms with Gasteiger partial charge in [-0.15, -0.1) is 0 Å². The first-order valence-electron chi connectivity index (χ1n) is 11.6. The zero-order chi connectivity index (χ0) is 23.5. The topological polar surface area (TPSA) is 78.0 Å². The van der Waals surface area contributed by atoms with Crippen LogP contribution in [0.5, 0.6) is 0 Å². The number of likely N-dealkylation sites (tertiary alicyclic amines) is 2. The molecule has 3 rings (SSSR count). The molecular formula is C25H35N3O4. The maximum Gasteiger partial charge on any atom is 0.240 e. The van der Waals surface area contributed by atoms with E-state index in [1.54, 1.807) is 4.90 Å². The molecule has 0 unspecified atom stereocenters. The third-order valence-electron chi connectivity index (χ3n) is 6.87. The summed E-state index contributed by atoms with van der Waals surface area (Å²) < 4.78 is 0. The fourth-order valence-electron chi connectivity index (χ4n) is 5.01. The van der Waals surface area contributed by atoms with Crippen LogP contribution in [0.4, 0.5) is 0 Å². The highest BCUT2D eigenvalue weighted by Crippen LogP contribution is 2.42. The number of hydrogen-bond acceptors (Lipinski definition) is 5. The number of Topliss-reactive ketones (excluding diaryl/α,β-unsaturated/α-hetero) is 1. The first-order chi connectivity index (χ1) is 15.2. The maximum atomic E-state index is 13.7. The molecule has 0 saturated carbocycles. The molecule has 0 aliphatic carbocycles.